The summed E-state index contributed by atoms with van der Waals surface area (Å²) >= 11 is 0. The third kappa shape index (κ3) is 5.17. The van der Waals surface area contributed by atoms with Crippen molar-refractivity contribution in [3.63, 3.8) is 0 Å². The lowest BCUT2D eigenvalue weighted by Gasteiger charge is -2.40. The second-order valence-corrected chi connectivity index (χ2v) is 8.30. The number of nitrogens with zero attached hydrogens (tertiary/aromatic N) is 3. The van der Waals surface area contributed by atoms with E-state index in [1.54, 1.807) is 31.2 Å². The molecule has 0 aliphatic carbocycles. The summed E-state index contributed by atoms with van der Waals surface area (Å²) in [6.07, 6.45) is 2.17. The fourth-order valence-corrected chi connectivity index (χ4v) is 4.18. The predicted octanol–water partition coefficient (Wildman–Crippen LogP) is 2.77. The molecule has 0 N–H and O–H groups in total. The Morgan fingerprint density at radius 3 is 2.00 bits per heavy atom. The largest absolute Gasteiger partial charge is 0.339 e. The average molecular weight is 372 g/mol. The molecule has 0 radical (unpaired) electrons. The molecule has 5 nitrogen and oxygen atoms in total. The number of carbonyl (C=O) groups is 2. The highest BCUT2D eigenvalue weighted by molar-refractivity contribution is 5.97. The number of carbonyl (C=O) groups excluding carboxylic acids is 2. The van der Waals surface area contributed by atoms with Crippen LogP contribution in [0.4, 0.5) is 0 Å². The van der Waals surface area contributed by atoms with Crippen LogP contribution in [0.25, 0.3) is 0 Å². The summed E-state index contributed by atoms with van der Waals surface area (Å²) in [4.78, 5) is 31.2. The number of piperazine rings is 1. The van der Waals surface area contributed by atoms with Gasteiger partial charge in [0, 0.05) is 63.0 Å². The molecule has 2 aliphatic rings. The van der Waals surface area contributed by atoms with Gasteiger partial charge in [0.2, 0.25) is 0 Å². The number of piperidine rings is 1. The van der Waals surface area contributed by atoms with Gasteiger partial charge in [0.15, 0.2) is 5.78 Å². The molecular formula is C22H33N3O2. The van der Waals surface area contributed by atoms with E-state index >= 15 is 0 Å². The highest BCUT2D eigenvalue weighted by atomic mass is 16.2. The molecular weight excluding hydrogens is 338 g/mol. The molecule has 1 aromatic carbocycles. The van der Waals surface area contributed by atoms with E-state index in [0.717, 1.165) is 25.9 Å². The summed E-state index contributed by atoms with van der Waals surface area (Å²) in [6, 6.07) is 7.70. The molecule has 2 saturated heterocycles. The summed E-state index contributed by atoms with van der Waals surface area (Å²) in [5.41, 5.74) is 1.34. The molecule has 0 saturated carbocycles. The topological polar surface area (TPSA) is 43.9 Å². The second-order valence-electron chi connectivity index (χ2n) is 8.30. The number of benzene rings is 1. The first kappa shape index (κ1) is 20.0. The van der Waals surface area contributed by atoms with Crippen LogP contribution in [-0.4, -0.2) is 78.2 Å². The Morgan fingerprint density at radius 2 is 1.48 bits per heavy atom. The second kappa shape index (κ2) is 8.98. The fraction of sp³-hybridized carbons (Fsp3) is 0.636. The molecule has 27 heavy (non-hydrogen) atoms. The molecule has 148 valence electrons. The highest BCUT2D eigenvalue weighted by Crippen LogP contribution is 2.21. The zero-order valence-electron chi connectivity index (χ0n) is 17.0. The molecule has 1 aromatic rings. The van der Waals surface area contributed by atoms with E-state index in [2.05, 4.69) is 23.6 Å². The van der Waals surface area contributed by atoms with Crippen LogP contribution in [0, 0.1) is 5.92 Å². The monoisotopic (exact) mass is 371 g/mol. The maximum Gasteiger partial charge on any atom is 0.253 e. The molecule has 3 rings (SSSR count). The van der Waals surface area contributed by atoms with Crippen molar-refractivity contribution in [1.82, 2.24) is 14.7 Å². The first-order chi connectivity index (χ1) is 12.9. The number of hydrogen-bond donors (Lipinski definition) is 0. The normalized spacial score (nSPS) is 20.2. The predicted molar refractivity (Wildman–Crippen MR) is 108 cm³/mol. The van der Waals surface area contributed by atoms with Gasteiger partial charge in [-0.3, -0.25) is 14.5 Å². The molecule has 2 aliphatic heterocycles. The third-order valence-corrected chi connectivity index (χ3v) is 6.09. The van der Waals surface area contributed by atoms with Crippen LogP contribution >= 0.6 is 0 Å². The lowest BCUT2D eigenvalue weighted by molar-refractivity contribution is 0.0611. The van der Waals surface area contributed by atoms with Crippen LogP contribution in [0.3, 0.4) is 0 Å². The summed E-state index contributed by atoms with van der Waals surface area (Å²) in [5, 5.41) is 0. The van der Waals surface area contributed by atoms with E-state index in [4.69, 9.17) is 0 Å². The molecule has 0 atom stereocenters. The summed E-state index contributed by atoms with van der Waals surface area (Å²) < 4.78 is 0. The fourth-order valence-electron chi connectivity index (χ4n) is 4.18. The Kier molecular flexibility index (Phi) is 6.66. The van der Waals surface area contributed by atoms with E-state index in [1.165, 1.54) is 32.7 Å². The molecule has 0 spiro atoms. The number of ketones is 1. The lowest BCUT2D eigenvalue weighted by Crippen LogP contribution is -2.50. The quantitative estimate of drug-likeness (QED) is 0.747. The van der Waals surface area contributed by atoms with Crippen LogP contribution in [-0.2, 0) is 0 Å². The van der Waals surface area contributed by atoms with Crippen LogP contribution in [0.15, 0.2) is 24.3 Å². The smallest absolute Gasteiger partial charge is 0.253 e. The van der Waals surface area contributed by atoms with E-state index in [-0.39, 0.29) is 11.7 Å². The minimum Gasteiger partial charge on any atom is -0.339 e. The minimum atomic E-state index is 0.0315. The SMILES string of the molecule is CC(=O)c1ccc(C(=O)N2CCC(CN3CCN(C(C)C)CC3)CC2)cc1. The van der Waals surface area contributed by atoms with E-state index in [1.807, 2.05) is 4.90 Å². The van der Waals surface area contributed by atoms with E-state index in [0.29, 0.717) is 23.1 Å². The van der Waals surface area contributed by atoms with Gasteiger partial charge in [-0.15, -0.1) is 0 Å². The van der Waals surface area contributed by atoms with Gasteiger partial charge in [0.25, 0.3) is 5.91 Å². The van der Waals surface area contributed by atoms with E-state index < -0.39 is 0 Å². The van der Waals surface area contributed by atoms with Crippen LogP contribution < -0.4 is 0 Å². The van der Waals surface area contributed by atoms with Gasteiger partial charge in [-0.2, -0.15) is 0 Å². The Labute approximate surface area is 163 Å². The van der Waals surface area contributed by atoms with Crippen molar-refractivity contribution in [2.24, 2.45) is 5.92 Å². The van der Waals surface area contributed by atoms with E-state index in [9.17, 15) is 9.59 Å². The first-order valence-electron chi connectivity index (χ1n) is 10.3. The van der Waals surface area contributed by atoms with Gasteiger partial charge in [0.1, 0.15) is 0 Å². The zero-order valence-corrected chi connectivity index (χ0v) is 17.0. The van der Waals surface area contributed by atoms with Crippen molar-refractivity contribution in [1.29, 1.82) is 0 Å². The molecule has 2 fully saturated rings. The first-order valence-corrected chi connectivity index (χ1v) is 10.3. The molecule has 0 aromatic heterocycles. The van der Waals surface area contributed by atoms with Crippen molar-refractivity contribution in [2.75, 3.05) is 45.8 Å². The number of amides is 1. The Balaban J connectivity index is 1.44. The van der Waals surface area contributed by atoms with Gasteiger partial charge in [0.05, 0.1) is 0 Å². The molecule has 2 heterocycles. The number of likely N-dealkylation sites (tertiary alicyclic amines) is 1. The van der Waals surface area contributed by atoms with Crippen molar-refractivity contribution in [3.8, 4) is 0 Å². The Hall–Kier alpha value is -1.72. The maximum atomic E-state index is 12.7. The summed E-state index contributed by atoms with van der Waals surface area (Å²) in [7, 11) is 0. The number of hydrogen-bond acceptors (Lipinski definition) is 4. The van der Waals surface area contributed by atoms with Crippen LogP contribution in [0.1, 0.15) is 54.3 Å². The van der Waals surface area contributed by atoms with Gasteiger partial charge in [-0.05, 0) is 51.7 Å². The summed E-state index contributed by atoms with van der Waals surface area (Å²) in [5.74, 6) is 0.817. The standard InChI is InChI=1S/C22H33N3O2/c1-17(2)24-14-12-23(13-15-24)16-19-8-10-25(11-9-19)22(27)21-6-4-20(5-7-21)18(3)26/h4-7,17,19H,8-16H2,1-3H3. The number of rotatable bonds is 5. The van der Waals surface area contributed by atoms with Crippen molar-refractivity contribution in [3.05, 3.63) is 35.4 Å². The lowest BCUT2D eigenvalue weighted by atomic mass is 9.95. The minimum absolute atomic E-state index is 0.0315. The Morgan fingerprint density at radius 1 is 0.926 bits per heavy atom. The van der Waals surface area contributed by atoms with Crippen LogP contribution in [0.5, 0.6) is 0 Å². The van der Waals surface area contributed by atoms with Crippen molar-refractivity contribution in [2.45, 2.75) is 39.7 Å². The van der Waals surface area contributed by atoms with Gasteiger partial charge < -0.3 is 9.80 Å². The van der Waals surface area contributed by atoms with Gasteiger partial charge in [-0.1, -0.05) is 12.1 Å². The van der Waals surface area contributed by atoms with Crippen LogP contribution in [0.2, 0.25) is 0 Å². The number of Topliss-reactive ketones (excluding diaryl/α,β-unsaturated/α-hetero) is 1. The zero-order chi connectivity index (χ0) is 19.4. The van der Waals surface area contributed by atoms with Crippen molar-refractivity contribution < 1.29 is 9.59 Å². The van der Waals surface area contributed by atoms with Crippen molar-refractivity contribution >= 4 is 11.7 Å². The third-order valence-electron chi connectivity index (χ3n) is 6.09. The summed E-state index contributed by atoms with van der Waals surface area (Å²) in [6.45, 7) is 13.6. The Bertz CT molecular complexity index is 640. The highest BCUT2D eigenvalue weighted by Gasteiger charge is 2.26. The molecule has 5 heteroatoms. The molecule has 0 unspecified atom stereocenters. The van der Waals surface area contributed by atoms with Gasteiger partial charge in [-0.25, -0.2) is 0 Å². The molecule has 1 amide bonds. The molecule has 0 bridgehead atoms. The van der Waals surface area contributed by atoms with Gasteiger partial charge >= 0.3 is 0 Å². The average Bonchev–Trinajstić information content (AvgIpc) is 2.68. The maximum absolute atomic E-state index is 12.7.